The van der Waals surface area contributed by atoms with Gasteiger partial charge >= 0.3 is 0 Å². The van der Waals surface area contributed by atoms with Gasteiger partial charge in [0.25, 0.3) is 11.8 Å². The van der Waals surface area contributed by atoms with Crippen molar-refractivity contribution in [2.75, 3.05) is 27.2 Å². The summed E-state index contributed by atoms with van der Waals surface area (Å²) in [6.45, 7) is 5.40. The molecular weight excluding hydrogens is 266 g/mol. The van der Waals surface area contributed by atoms with Crippen molar-refractivity contribution < 1.29 is 9.59 Å². The molecule has 0 fully saturated rings. The van der Waals surface area contributed by atoms with Gasteiger partial charge in [0.2, 0.25) is 0 Å². The third kappa shape index (κ3) is 6.40. The van der Waals surface area contributed by atoms with Crippen LogP contribution in [0.2, 0.25) is 0 Å². The number of benzene rings is 1. The Hall–Kier alpha value is -1.88. The maximum Gasteiger partial charge on any atom is 0.251 e. The van der Waals surface area contributed by atoms with Gasteiger partial charge in [-0.15, -0.1) is 0 Å². The summed E-state index contributed by atoms with van der Waals surface area (Å²) in [5.41, 5.74) is 1.13. The first kappa shape index (κ1) is 17.2. The molecule has 116 valence electrons. The lowest BCUT2D eigenvalue weighted by Gasteiger charge is -2.10. The minimum Gasteiger partial charge on any atom is -0.352 e. The molecule has 0 aliphatic rings. The predicted molar refractivity (Wildman–Crippen MR) is 84.5 cm³/mol. The summed E-state index contributed by atoms with van der Waals surface area (Å²) in [5.74, 6) is -0.229. The first-order valence-electron chi connectivity index (χ1n) is 7.24. The van der Waals surface area contributed by atoms with E-state index in [0.29, 0.717) is 17.7 Å². The summed E-state index contributed by atoms with van der Waals surface area (Å²) in [4.78, 5) is 25.8. The Bertz CT molecular complexity index is 467. The number of carbonyl (C=O) groups excluding carboxylic acids is 2. The van der Waals surface area contributed by atoms with Crippen LogP contribution >= 0.6 is 0 Å². The number of rotatable bonds is 7. The van der Waals surface area contributed by atoms with Crippen LogP contribution < -0.4 is 10.6 Å². The van der Waals surface area contributed by atoms with Crippen molar-refractivity contribution >= 4 is 11.8 Å². The lowest BCUT2D eigenvalue weighted by atomic mass is 10.1. The van der Waals surface area contributed by atoms with Gasteiger partial charge in [0.15, 0.2) is 0 Å². The molecule has 0 saturated carbocycles. The minimum atomic E-state index is -0.122. The molecule has 2 N–H and O–H groups in total. The Labute approximate surface area is 126 Å². The fraction of sp³-hybridized carbons (Fsp3) is 0.500. The molecule has 1 rings (SSSR count). The van der Waals surface area contributed by atoms with Crippen LogP contribution in [0.25, 0.3) is 0 Å². The zero-order chi connectivity index (χ0) is 15.8. The summed E-state index contributed by atoms with van der Waals surface area (Å²) >= 11 is 0. The average Bonchev–Trinajstić information content (AvgIpc) is 2.42. The zero-order valence-corrected chi connectivity index (χ0v) is 13.3. The summed E-state index contributed by atoms with van der Waals surface area (Å²) in [7, 11) is 4.01. The standard InChI is InChI=1S/C16H25N3O2/c1-12(2)18-16(21)14-8-6-13(7-9-14)15(20)17-10-5-11-19(3)4/h6-9,12H,5,10-11H2,1-4H3,(H,17,20)(H,18,21). The second kappa shape index (κ2) is 8.42. The molecule has 0 atom stereocenters. The maximum absolute atomic E-state index is 11.9. The first-order chi connectivity index (χ1) is 9.90. The normalized spacial score (nSPS) is 10.8. The molecule has 1 aromatic rings. The molecule has 21 heavy (non-hydrogen) atoms. The molecule has 2 amide bonds. The van der Waals surface area contributed by atoms with Crippen LogP contribution in [0.3, 0.4) is 0 Å². The molecular formula is C16H25N3O2. The van der Waals surface area contributed by atoms with Crippen LogP contribution in [0.1, 0.15) is 41.0 Å². The highest BCUT2D eigenvalue weighted by Gasteiger charge is 2.09. The summed E-state index contributed by atoms with van der Waals surface area (Å²) in [5, 5.41) is 5.69. The van der Waals surface area contributed by atoms with Gasteiger partial charge in [0, 0.05) is 23.7 Å². The predicted octanol–water partition coefficient (Wildman–Crippen LogP) is 1.51. The van der Waals surface area contributed by atoms with Crippen LogP contribution in [0, 0.1) is 0 Å². The van der Waals surface area contributed by atoms with Gasteiger partial charge in [0.1, 0.15) is 0 Å². The zero-order valence-electron chi connectivity index (χ0n) is 13.3. The van der Waals surface area contributed by atoms with E-state index >= 15 is 0 Å². The molecule has 0 spiro atoms. The first-order valence-corrected chi connectivity index (χ1v) is 7.24. The van der Waals surface area contributed by atoms with Crippen molar-refractivity contribution in [2.24, 2.45) is 0 Å². The Morgan fingerprint density at radius 3 is 2.05 bits per heavy atom. The second-order valence-electron chi connectivity index (χ2n) is 5.62. The quantitative estimate of drug-likeness (QED) is 0.749. The van der Waals surface area contributed by atoms with Gasteiger partial charge < -0.3 is 15.5 Å². The molecule has 0 aliphatic carbocycles. The molecule has 1 aromatic carbocycles. The fourth-order valence-corrected chi connectivity index (χ4v) is 1.82. The van der Waals surface area contributed by atoms with Gasteiger partial charge in [-0.25, -0.2) is 0 Å². The van der Waals surface area contributed by atoms with E-state index < -0.39 is 0 Å². The third-order valence-electron chi connectivity index (χ3n) is 2.90. The van der Waals surface area contributed by atoms with E-state index in [1.54, 1.807) is 24.3 Å². The average molecular weight is 291 g/mol. The van der Waals surface area contributed by atoms with Crippen molar-refractivity contribution in [3.05, 3.63) is 35.4 Å². The number of hydrogen-bond donors (Lipinski definition) is 2. The van der Waals surface area contributed by atoms with Crippen molar-refractivity contribution in [3.63, 3.8) is 0 Å². The lowest BCUT2D eigenvalue weighted by Crippen LogP contribution is -2.30. The van der Waals surface area contributed by atoms with E-state index in [2.05, 4.69) is 15.5 Å². The summed E-state index contributed by atoms with van der Waals surface area (Å²) in [6.07, 6.45) is 0.910. The van der Waals surface area contributed by atoms with E-state index in [-0.39, 0.29) is 17.9 Å². The number of amides is 2. The van der Waals surface area contributed by atoms with Gasteiger partial charge in [-0.2, -0.15) is 0 Å². The monoisotopic (exact) mass is 291 g/mol. The van der Waals surface area contributed by atoms with Crippen molar-refractivity contribution in [2.45, 2.75) is 26.3 Å². The highest BCUT2D eigenvalue weighted by atomic mass is 16.2. The molecule has 5 nitrogen and oxygen atoms in total. The molecule has 0 aliphatic heterocycles. The van der Waals surface area contributed by atoms with Gasteiger partial charge in [-0.3, -0.25) is 9.59 Å². The number of hydrogen-bond acceptors (Lipinski definition) is 3. The van der Waals surface area contributed by atoms with E-state index in [1.807, 2.05) is 27.9 Å². The van der Waals surface area contributed by atoms with E-state index in [0.717, 1.165) is 13.0 Å². The van der Waals surface area contributed by atoms with Crippen LogP contribution in [-0.2, 0) is 0 Å². The lowest BCUT2D eigenvalue weighted by molar-refractivity contribution is 0.0934. The molecule has 5 heteroatoms. The van der Waals surface area contributed by atoms with Crippen molar-refractivity contribution in [1.82, 2.24) is 15.5 Å². The Morgan fingerprint density at radius 1 is 1.05 bits per heavy atom. The van der Waals surface area contributed by atoms with Crippen LogP contribution in [-0.4, -0.2) is 49.9 Å². The molecule has 0 unspecified atom stereocenters. The van der Waals surface area contributed by atoms with Crippen LogP contribution in [0.4, 0.5) is 0 Å². The molecule has 0 radical (unpaired) electrons. The molecule has 0 saturated heterocycles. The number of nitrogens with one attached hydrogen (secondary N) is 2. The maximum atomic E-state index is 11.9. The third-order valence-corrected chi connectivity index (χ3v) is 2.90. The van der Waals surface area contributed by atoms with Crippen LogP contribution in [0.15, 0.2) is 24.3 Å². The molecule has 0 aromatic heterocycles. The van der Waals surface area contributed by atoms with Crippen LogP contribution in [0.5, 0.6) is 0 Å². The fourth-order valence-electron chi connectivity index (χ4n) is 1.82. The van der Waals surface area contributed by atoms with Crippen molar-refractivity contribution in [3.8, 4) is 0 Å². The highest BCUT2D eigenvalue weighted by molar-refractivity contribution is 5.97. The van der Waals surface area contributed by atoms with Gasteiger partial charge in [-0.05, 0) is 65.2 Å². The Kier molecular flexibility index (Phi) is 6.88. The SMILES string of the molecule is CC(C)NC(=O)c1ccc(C(=O)NCCCN(C)C)cc1. The molecule has 0 bridgehead atoms. The number of carbonyl (C=O) groups is 2. The minimum absolute atomic E-state index is 0.0946. The highest BCUT2D eigenvalue weighted by Crippen LogP contribution is 2.05. The van der Waals surface area contributed by atoms with E-state index in [1.165, 1.54) is 0 Å². The summed E-state index contributed by atoms with van der Waals surface area (Å²) < 4.78 is 0. The summed E-state index contributed by atoms with van der Waals surface area (Å²) in [6, 6.07) is 6.79. The smallest absolute Gasteiger partial charge is 0.251 e. The van der Waals surface area contributed by atoms with E-state index in [4.69, 9.17) is 0 Å². The van der Waals surface area contributed by atoms with E-state index in [9.17, 15) is 9.59 Å². The topological polar surface area (TPSA) is 61.4 Å². The second-order valence-corrected chi connectivity index (χ2v) is 5.62. The largest absolute Gasteiger partial charge is 0.352 e. The number of nitrogens with zero attached hydrogens (tertiary/aromatic N) is 1. The van der Waals surface area contributed by atoms with Crippen molar-refractivity contribution in [1.29, 1.82) is 0 Å². The van der Waals surface area contributed by atoms with Gasteiger partial charge in [0.05, 0.1) is 0 Å². The Morgan fingerprint density at radius 2 is 1.57 bits per heavy atom. The van der Waals surface area contributed by atoms with Gasteiger partial charge in [-0.1, -0.05) is 0 Å². The Balaban J connectivity index is 2.49. The molecule has 0 heterocycles.